The molecule has 4 rings (SSSR count). The van der Waals surface area contributed by atoms with Gasteiger partial charge in [0, 0.05) is 17.8 Å². The Hall–Kier alpha value is -3.72. The van der Waals surface area contributed by atoms with Gasteiger partial charge in [0.15, 0.2) is 9.84 Å². The van der Waals surface area contributed by atoms with Crippen molar-refractivity contribution in [1.29, 1.82) is 0 Å². The lowest BCUT2D eigenvalue weighted by Gasteiger charge is -2.16. The van der Waals surface area contributed by atoms with Crippen molar-refractivity contribution in [2.75, 3.05) is 6.26 Å². The zero-order valence-corrected chi connectivity index (χ0v) is 20.3. The zero-order chi connectivity index (χ0) is 26.1. The number of pyridine rings is 1. The summed E-state index contributed by atoms with van der Waals surface area (Å²) < 4.78 is 70.0. The Balaban J connectivity index is 1.78. The number of esters is 1. The van der Waals surface area contributed by atoms with Crippen molar-refractivity contribution in [2.24, 2.45) is 0 Å². The van der Waals surface area contributed by atoms with Crippen LogP contribution in [-0.2, 0) is 22.4 Å². The highest BCUT2D eigenvalue weighted by Crippen LogP contribution is 2.39. The van der Waals surface area contributed by atoms with Crippen molar-refractivity contribution >= 4 is 26.7 Å². The van der Waals surface area contributed by atoms with Gasteiger partial charge >= 0.3 is 12.1 Å². The first-order valence-corrected chi connectivity index (χ1v) is 13.0. The van der Waals surface area contributed by atoms with Gasteiger partial charge in [-0.15, -0.1) is 0 Å². The number of hydrogen-bond donors (Lipinski definition) is 0. The molecule has 0 N–H and O–H groups in total. The van der Waals surface area contributed by atoms with Crippen LogP contribution in [0.3, 0.4) is 0 Å². The average Bonchev–Trinajstić information content (AvgIpc) is 2.82. The van der Waals surface area contributed by atoms with Crippen LogP contribution in [-0.4, -0.2) is 25.6 Å². The first-order valence-electron chi connectivity index (χ1n) is 11.1. The summed E-state index contributed by atoms with van der Waals surface area (Å²) in [5, 5.41) is 0.347. The minimum atomic E-state index is -4.56. The number of alkyl halides is 3. The van der Waals surface area contributed by atoms with Crippen molar-refractivity contribution in [3.8, 4) is 16.9 Å². The maximum atomic E-state index is 13.6. The van der Waals surface area contributed by atoms with Gasteiger partial charge in [0.05, 0.1) is 21.5 Å². The number of para-hydroxylation sites is 1. The zero-order valence-electron chi connectivity index (χ0n) is 19.5. The van der Waals surface area contributed by atoms with Crippen molar-refractivity contribution in [1.82, 2.24) is 4.98 Å². The minimum absolute atomic E-state index is 0.0152. The monoisotopic (exact) mass is 513 g/mol. The molecule has 0 bridgehead atoms. The number of aryl methyl sites for hydroxylation is 1. The molecule has 0 saturated carbocycles. The van der Waals surface area contributed by atoms with E-state index in [-0.39, 0.29) is 21.7 Å². The number of carbonyl (C=O) groups excluding carboxylic acids is 1. The molecule has 0 aliphatic carbocycles. The normalized spacial score (nSPS) is 12.0. The smallest absolute Gasteiger partial charge is 0.418 e. The highest BCUT2D eigenvalue weighted by molar-refractivity contribution is 7.90. The van der Waals surface area contributed by atoms with Crippen LogP contribution < -0.4 is 4.74 Å². The molecule has 0 spiro atoms. The van der Waals surface area contributed by atoms with Crippen LogP contribution in [0.5, 0.6) is 5.75 Å². The number of sulfone groups is 1. The molecule has 0 amide bonds. The number of halogens is 3. The third-order valence-electron chi connectivity index (χ3n) is 5.63. The van der Waals surface area contributed by atoms with E-state index in [9.17, 15) is 26.4 Å². The van der Waals surface area contributed by atoms with Gasteiger partial charge in [0.25, 0.3) is 0 Å². The second-order valence-electron chi connectivity index (χ2n) is 8.33. The molecular formula is C27H22F3NO4S. The molecule has 9 heteroatoms. The number of benzene rings is 3. The molecule has 3 aromatic carbocycles. The molecule has 186 valence electrons. The molecule has 0 unspecified atom stereocenters. The number of hydrogen-bond acceptors (Lipinski definition) is 5. The van der Waals surface area contributed by atoms with E-state index in [4.69, 9.17) is 4.74 Å². The lowest BCUT2D eigenvalue weighted by atomic mass is 9.93. The number of aromatic nitrogens is 1. The summed E-state index contributed by atoms with van der Waals surface area (Å²) in [6.45, 7) is 1.96. The molecule has 0 aliphatic rings. The fourth-order valence-corrected chi connectivity index (χ4v) is 4.69. The second-order valence-corrected chi connectivity index (χ2v) is 10.3. The predicted octanol–water partition coefficient (Wildman–Crippen LogP) is 6.50. The number of rotatable bonds is 6. The lowest BCUT2D eigenvalue weighted by Crippen LogP contribution is -2.10. The van der Waals surface area contributed by atoms with Crippen LogP contribution in [0.25, 0.3) is 22.0 Å². The third-order valence-corrected chi connectivity index (χ3v) is 6.74. The maximum Gasteiger partial charge on any atom is 0.418 e. The highest BCUT2D eigenvalue weighted by atomic mass is 32.2. The van der Waals surface area contributed by atoms with E-state index < -0.39 is 27.5 Å². The van der Waals surface area contributed by atoms with Gasteiger partial charge in [-0.2, -0.15) is 13.2 Å². The number of ether oxygens (including phenoxy) is 1. The lowest BCUT2D eigenvalue weighted by molar-refractivity contribution is -0.136. The van der Waals surface area contributed by atoms with Gasteiger partial charge in [-0.3, -0.25) is 4.98 Å². The van der Waals surface area contributed by atoms with Gasteiger partial charge in [0.2, 0.25) is 0 Å². The second kappa shape index (κ2) is 9.73. The Bertz CT molecular complexity index is 1560. The number of fused-ring (bicyclic) bond motifs is 1. The Morgan fingerprint density at radius 3 is 2.42 bits per heavy atom. The molecule has 1 aromatic heterocycles. The van der Waals surface area contributed by atoms with Gasteiger partial charge in [-0.05, 0) is 59.5 Å². The Kier molecular flexibility index (Phi) is 6.86. The SMILES string of the molecule is CCCc1cnc2c(C(F)(F)F)cccc2c1-c1cccc(OC(=O)c2cccc(S(C)(=O)=O)c2)c1. The average molecular weight is 514 g/mol. The van der Waals surface area contributed by atoms with Crippen LogP contribution in [0.1, 0.15) is 34.8 Å². The van der Waals surface area contributed by atoms with Gasteiger partial charge in [-0.25, -0.2) is 13.2 Å². The van der Waals surface area contributed by atoms with E-state index in [1.165, 1.54) is 36.5 Å². The van der Waals surface area contributed by atoms with Crippen LogP contribution in [0, 0.1) is 0 Å². The Morgan fingerprint density at radius 1 is 1.00 bits per heavy atom. The number of carbonyl (C=O) groups is 1. The van der Waals surface area contributed by atoms with E-state index in [0.29, 0.717) is 22.9 Å². The summed E-state index contributed by atoms with van der Waals surface area (Å²) in [4.78, 5) is 16.8. The maximum absolute atomic E-state index is 13.6. The first-order chi connectivity index (χ1) is 17.0. The number of nitrogens with zero attached hydrogens (tertiary/aromatic N) is 1. The standard InChI is InChI=1S/C27H22F3NO4S/c1-3-7-19-16-31-25-22(12-6-13-23(25)27(28,29)30)24(19)17-8-4-10-20(14-17)35-26(32)18-9-5-11-21(15-18)36(2,33)34/h4-6,8-16H,3,7H2,1-2H3. The van der Waals surface area contributed by atoms with Gasteiger partial charge in [0.1, 0.15) is 5.75 Å². The van der Waals surface area contributed by atoms with E-state index in [1.807, 2.05) is 6.92 Å². The fourth-order valence-electron chi connectivity index (χ4n) is 4.03. The molecule has 4 aromatic rings. The van der Waals surface area contributed by atoms with Gasteiger partial charge in [-0.1, -0.05) is 43.7 Å². The largest absolute Gasteiger partial charge is 0.423 e. The summed E-state index contributed by atoms with van der Waals surface area (Å²) in [6.07, 6.45) is -0.709. The first kappa shape index (κ1) is 25.4. The quantitative estimate of drug-likeness (QED) is 0.218. The van der Waals surface area contributed by atoms with Gasteiger partial charge < -0.3 is 4.74 Å². The Labute approximate surface area is 206 Å². The third kappa shape index (κ3) is 5.26. The molecular weight excluding hydrogens is 491 g/mol. The molecule has 1 heterocycles. The molecule has 0 saturated heterocycles. The van der Waals surface area contributed by atoms with Crippen molar-refractivity contribution in [2.45, 2.75) is 30.8 Å². The topological polar surface area (TPSA) is 73.3 Å². The molecule has 36 heavy (non-hydrogen) atoms. The summed E-state index contributed by atoms with van der Waals surface area (Å²) in [7, 11) is -3.51. The van der Waals surface area contributed by atoms with Crippen molar-refractivity contribution in [3.63, 3.8) is 0 Å². The van der Waals surface area contributed by atoms with Crippen molar-refractivity contribution in [3.05, 3.63) is 89.6 Å². The predicted molar refractivity (Wildman–Crippen MR) is 131 cm³/mol. The molecule has 0 radical (unpaired) electrons. The van der Waals surface area contributed by atoms with E-state index >= 15 is 0 Å². The minimum Gasteiger partial charge on any atom is -0.423 e. The van der Waals surface area contributed by atoms with E-state index in [0.717, 1.165) is 24.3 Å². The van der Waals surface area contributed by atoms with E-state index in [2.05, 4.69) is 4.98 Å². The molecule has 0 atom stereocenters. The van der Waals surface area contributed by atoms with Crippen LogP contribution in [0.2, 0.25) is 0 Å². The van der Waals surface area contributed by atoms with Crippen LogP contribution >= 0.6 is 0 Å². The van der Waals surface area contributed by atoms with Crippen LogP contribution in [0.15, 0.2) is 77.8 Å². The summed E-state index contributed by atoms with van der Waals surface area (Å²) in [6, 6.07) is 15.9. The fraction of sp³-hybridized carbons (Fsp3) is 0.185. The summed E-state index contributed by atoms with van der Waals surface area (Å²) in [5.41, 5.74) is 1.01. The summed E-state index contributed by atoms with van der Waals surface area (Å²) in [5.74, 6) is -0.591. The Morgan fingerprint density at radius 2 is 1.72 bits per heavy atom. The highest BCUT2D eigenvalue weighted by Gasteiger charge is 2.33. The summed E-state index contributed by atoms with van der Waals surface area (Å²) >= 11 is 0. The molecule has 0 aliphatic heterocycles. The van der Waals surface area contributed by atoms with Crippen LogP contribution in [0.4, 0.5) is 13.2 Å². The van der Waals surface area contributed by atoms with Crippen molar-refractivity contribution < 1.29 is 31.1 Å². The van der Waals surface area contributed by atoms with E-state index in [1.54, 1.807) is 30.3 Å². The molecule has 0 fully saturated rings. The molecule has 5 nitrogen and oxygen atoms in total.